The molecule has 0 aliphatic carbocycles. The molecule has 0 aliphatic rings. The predicted molar refractivity (Wildman–Crippen MR) is 172 cm³/mol. The van der Waals surface area contributed by atoms with Gasteiger partial charge in [-0.25, -0.2) is 13.8 Å². The highest BCUT2D eigenvalue weighted by Crippen LogP contribution is 2.26. The lowest BCUT2D eigenvalue weighted by Gasteiger charge is -2.24. The first-order chi connectivity index (χ1) is 21.1. The molecule has 0 saturated carbocycles. The van der Waals surface area contributed by atoms with Crippen molar-refractivity contribution in [2.45, 2.75) is 37.6 Å². The second-order valence-electron chi connectivity index (χ2n) is 10.4. The van der Waals surface area contributed by atoms with Crippen LogP contribution in [0.4, 0.5) is 5.69 Å². The van der Waals surface area contributed by atoms with Gasteiger partial charge in [-0.05, 0) is 78.1 Å². The number of anilines is 1. The minimum absolute atomic E-state index is 0.0785. The largest absolute Gasteiger partial charge is 0.484 e. The molecule has 228 valence electrons. The summed E-state index contributed by atoms with van der Waals surface area (Å²) in [6.07, 6.45) is 1.43. The average Bonchev–Trinajstić information content (AvgIpc) is 3.04. The van der Waals surface area contributed by atoms with E-state index in [1.807, 2.05) is 63.2 Å². The quantitative estimate of drug-likeness (QED) is 0.155. The van der Waals surface area contributed by atoms with E-state index in [4.69, 9.17) is 4.74 Å². The molecule has 10 heteroatoms. The molecule has 0 aliphatic heterocycles. The fourth-order valence-electron chi connectivity index (χ4n) is 4.31. The smallest absolute Gasteiger partial charge is 0.264 e. The molecule has 9 nitrogen and oxygen atoms in total. The molecule has 2 amide bonds. The first-order valence-corrected chi connectivity index (χ1v) is 15.6. The molecule has 4 rings (SSSR count). The lowest BCUT2D eigenvalue weighted by molar-refractivity contribution is -0.123. The van der Waals surface area contributed by atoms with Crippen LogP contribution in [0.1, 0.15) is 49.4 Å². The van der Waals surface area contributed by atoms with E-state index in [-0.39, 0.29) is 29.4 Å². The molecule has 0 fully saturated rings. The number of benzene rings is 4. The zero-order valence-electron chi connectivity index (χ0n) is 24.9. The van der Waals surface area contributed by atoms with Crippen LogP contribution >= 0.6 is 0 Å². The van der Waals surface area contributed by atoms with Crippen LogP contribution in [0, 0.1) is 0 Å². The van der Waals surface area contributed by atoms with Crippen LogP contribution in [0.5, 0.6) is 5.75 Å². The summed E-state index contributed by atoms with van der Waals surface area (Å²) in [5, 5.41) is 6.89. The van der Waals surface area contributed by atoms with Gasteiger partial charge in [-0.15, -0.1) is 0 Å². The Morgan fingerprint density at radius 2 is 1.41 bits per heavy atom. The normalized spacial score (nSPS) is 12.1. The van der Waals surface area contributed by atoms with Gasteiger partial charge >= 0.3 is 0 Å². The molecule has 0 heterocycles. The third-order valence-corrected chi connectivity index (χ3v) is 8.58. The predicted octanol–water partition coefficient (Wildman–Crippen LogP) is 5.41. The molecule has 4 aromatic rings. The fourth-order valence-corrected chi connectivity index (χ4v) is 5.75. The number of hydrogen-bond acceptors (Lipinski definition) is 6. The van der Waals surface area contributed by atoms with E-state index >= 15 is 0 Å². The standard InChI is InChI=1S/C34H36N4O5S/c1-25(2)28-16-18-30(19-17-28)38(44(41,42)32-12-8-5-9-13-32)23-33(39)37-35-22-27-14-20-31(21-15-27)43-24-34(40)36-26(3)29-10-6-4-7-11-29/h4-22,25-26H,23-24H2,1-3H3,(H,36,40)(H,37,39)/b35-22-/t26-/m0/s1. The van der Waals surface area contributed by atoms with Crippen molar-refractivity contribution in [2.75, 3.05) is 17.5 Å². The molecule has 0 spiro atoms. The Bertz CT molecular complexity index is 1660. The van der Waals surface area contributed by atoms with E-state index < -0.39 is 22.5 Å². The number of nitrogens with one attached hydrogen (secondary N) is 2. The molecule has 44 heavy (non-hydrogen) atoms. The van der Waals surface area contributed by atoms with Crippen LogP contribution in [-0.4, -0.2) is 39.6 Å². The molecule has 0 saturated heterocycles. The Hall–Kier alpha value is -4.96. The second kappa shape index (κ2) is 15.0. The number of rotatable bonds is 13. The van der Waals surface area contributed by atoms with E-state index in [1.54, 1.807) is 54.6 Å². The van der Waals surface area contributed by atoms with Crippen LogP contribution in [0.25, 0.3) is 0 Å². The van der Waals surface area contributed by atoms with Gasteiger partial charge < -0.3 is 10.1 Å². The summed E-state index contributed by atoms with van der Waals surface area (Å²) in [6, 6.07) is 31.4. The van der Waals surface area contributed by atoms with Crippen molar-refractivity contribution in [3.8, 4) is 5.75 Å². The first-order valence-electron chi connectivity index (χ1n) is 14.2. The molecular weight excluding hydrogens is 576 g/mol. The summed E-state index contributed by atoms with van der Waals surface area (Å²) in [6.45, 7) is 5.40. The number of ether oxygens (including phenoxy) is 1. The van der Waals surface area contributed by atoms with Crippen molar-refractivity contribution < 1.29 is 22.7 Å². The van der Waals surface area contributed by atoms with E-state index in [2.05, 4.69) is 15.8 Å². The van der Waals surface area contributed by atoms with Crippen LogP contribution < -0.4 is 19.8 Å². The van der Waals surface area contributed by atoms with E-state index in [1.165, 1.54) is 18.3 Å². The Balaban J connectivity index is 1.34. The molecule has 0 bridgehead atoms. The van der Waals surface area contributed by atoms with E-state index in [0.29, 0.717) is 17.0 Å². The SMILES string of the molecule is CC(C)c1ccc(N(CC(=O)N/N=C\c2ccc(OCC(=O)N[C@@H](C)c3ccccc3)cc2)S(=O)(=O)c2ccccc2)cc1. The highest BCUT2D eigenvalue weighted by atomic mass is 32.2. The third kappa shape index (κ3) is 8.78. The van der Waals surface area contributed by atoms with E-state index in [0.717, 1.165) is 15.4 Å². The topological polar surface area (TPSA) is 117 Å². The average molecular weight is 613 g/mol. The second-order valence-corrected chi connectivity index (χ2v) is 12.3. The van der Waals surface area contributed by atoms with Crippen LogP contribution in [0.3, 0.4) is 0 Å². The van der Waals surface area contributed by atoms with Crippen LogP contribution in [0.15, 0.2) is 119 Å². The van der Waals surface area contributed by atoms with E-state index in [9.17, 15) is 18.0 Å². The van der Waals surface area contributed by atoms with Gasteiger partial charge in [0.2, 0.25) is 0 Å². The number of amides is 2. The summed E-state index contributed by atoms with van der Waals surface area (Å²) in [5.74, 6) is -0.0769. The van der Waals surface area contributed by atoms with Gasteiger partial charge in [0.1, 0.15) is 12.3 Å². The lowest BCUT2D eigenvalue weighted by Crippen LogP contribution is -2.39. The summed E-state index contributed by atoms with van der Waals surface area (Å²) in [7, 11) is -4.02. The maximum atomic E-state index is 13.5. The van der Waals surface area contributed by atoms with Crippen LogP contribution in [-0.2, 0) is 19.6 Å². The van der Waals surface area contributed by atoms with Gasteiger partial charge in [0.25, 0.3) is 21.8 Å². The number of sulfonamides is 1. The summed E-state index contributed by atoms with van der Waals surface area (Å²) in [5.41, 5.74) is 5.50. The first kappa shape index (κ1) is 32.0. The van der Waals surface area contributed by atoms with Gasteiger partial charge in [0.05, 0.1) is 22.8 Å². The number of hydrogen-bond donors (Lipinski definition) is 2. The van der Waals surface area contributed by atoms with Crippen molar-refractivity contribution in [1.82, 2.24) is 10.7 Å². The molecule has 2 N–H and O–H groups in total. The molecule has 0 unspecified atom stereocenters. The fraction of sp³-hybridized carbons (Fsp3) is 0.206. The molecular formula is C34H36N4O5S. The molecule has 0 radical (unpaired) electrons. The summed E-state index contributed by atoms with van der Waals surface area (Å²) < 4.78 is 33.7. The van der Waals surface area contributed by atoms with Crippen molar-refractivity contribution in [1.29, 1.82) is 0 Å². The van der Waals surface area contributed by atoms with Crippen molar-refractivity contribution in [3.05, 3.63) is 126 Å². The van der Waals surface area contributed by atoms with Crippen molar-refractivity contribution in [3.63, 3.8) is 0 Å². The number of nitrogens with zero attached hydrogens (tertiary/aromatic N) is 2. The summed E-state index contributed by atoms with van der Waals surface area (Å²) >= 11 is 0. The minimum atomic E-state index is -4.02. The Kier molecular flexibility index (Phi) is 10.9. The number of carbonyl (C=O) groups excluding carboxylic acids is 2. The van der Waals surface area contributed by atoms with Crippen molar-refractivity contribution in [2.24, 2.45) is 5.10 Å². The Morgan fingerprint density at radius 1 is 0.795 bits per heavy atom. The monoisotopic (exact) mass is 612 g/mol. The zero-order valence-corrected chi connectivity index (χ0v) is 25.7. The Labute approximate surface area is 258 Å². The minimum Gasteiger partial charge on any atom is -0.484 e. The van der Waals surface area contributed by atoms with Crippen LogP contribution in [0.2, 0.25) is 0 Å². The van der Waals surface area contributed by atoms with Gasteiger partial charge in [-0.2, -0.15) is 5.10 Å². The maximum absolute atomic E-state index is 13.5. The maximum Gasteiger partial charge on any atom is 0.264 e. The highest BCUT2D eigenvalue weighted by molar-refractivity contribution is 7.92. The van der Waals surface area contributed by atoms with Gasteiger partial charge in [-0.1, -0.05) is 74.5 Å². The number of carbonyl (C=O) groups is 2. The number of hydrazone groups is 1. The van der Waals surface area contributed by atoms with Gasteiger partial charge in [0.15, 0.2) is 6.61 Å². The highest BCUT2D eigenvalue weighted by Gasteiger charge is 2.27. The lowest BCUT2D eigenvalue weighted by atomic mass is 10.0. The zero-order chi connectivity index (χ0) is 31.5. The third-order valence-electron chi connectivity index (χ3n) is 6.80. The van der Waals surface area contributed by atoms with Gasteiger partial charge in [0, 0.05) is 0 Å². The molecule has 1 atom stereocenters. The molecule has 0 aromatic heterocycles. The van der Waals surface area contributed by atoms with Gasteiger partial charge in [-0.3, -0.25) is 13.9 Å². The summed E-state index contributed by atoms with van der Waals surface area (Å²) in [4.78, 5) is 25.2. The Morgan fingerprint density at radius 3 is 2.02 bits per heavy atom. The molecule has 4 aromatic carbocycles. The van der Waals surface area contributed by atoms with Crippen molar-refractivity contribution >= 4 is 33.7 Å².